The fourth-order valence-corrected chi connectivity index (χ4v) is 3.83. The lowest BCUT2D eigenvalue weighted by atomic mass is 9.94. The van der Waals surface area contributed by atoms with E-state index in [0.717, 1.165) is 38.9 Å². The molecule has 0 unspecified atom stereocenters. The van der Waals surface area contributed by atoms with Gasteiger partial charge in [0.2, 0.25) is 0 Å². The molecule has 2 heteroatoms. The molecule has 140 valence electrons. The molecule has 0 amide bonds. The second-order valence-electron chi connectivity index (χ2n) is 7.80. The van der Waals surface area contributed by atoms with E-state index in [0.29, 0.717) is 0 Å². The molecule has 4 rings (SSSR count). The number of pyridine rings is 1. The third-order valence-electron chi connectivity index (χ3n) is 5.68. The Kier molecular flexibility index (Phi) is 4.43. The highest BCUT2D eigenvalue weighted by molar-refractivity contribution is 5.93. The summed E-state index contributed by atoms with van der Waals surface area (Å²) < 4.78 is 2.17. The van der Waals surface area contributed by atoms with Crippen molar-refractivity contribution in [1.29, 1.82) is 0 Å². The number of hydrogen-bond acceptors (Lipinski definition) is 1. The second kappa shape index (κ2) is 6.79. The number of rotatable bonds is 2. The smallest absolute Gasteiger partial charge is 0.197 e. The standard InChI is InChI=1S/C26H25NO/c1-16-6-10-20(11-7-16)24-25(21-12-8-17(2)9-13-21)27(5)23-15-19(4)18(3)14-22(23)26(24)28/h6-15H,1-5H3. The number of fused-ring (bicyclic) bond motifs is 1. The molecular formula is C26H25NO. The van der Waals surface area contributed by atoms with Crippen LogP contribution in [0.15, 0.2) is 65.5 Å². The van der Waals surface area contributed by atoms with Gasteiger partial charge in [0.15, 0.2) is 5.43 Å². The number of nitrogens with zero attached hydrogens (tertiary/aromatic N) is 1. The molecule has 2 nitrogen and oxygen atoms in total. The molecule has 4 aromatic rings. The predicted molar refractivity (Wildman–Crippen MR) is 119 cm³/mol. The SMILES string of the molecule is Cc1ccc(-c2c(-c3ccc(C)cc3)n(C)c3cc(C)c(C)cc3c2=O)cc1. The van der Waals surface area contributed by atoms with Crippen LogP contribution < -0.4 is 5.43 Å². The molecule has 0 fully saturated rings. The molecule has 3 aromatic carbocycles. The van der Waals surface area contributed by atoms with Gasteiger partial charge in [-0.3, -0.25) is 4.79 Å². The Morgan fingerprint density at radius 2 is 1.18 bits per heavy atom. The van der Waals surface area contributed by atoms with E-state index in [1.54, 1.807) is 0 Å². The molecule has 0 spiro atoms. The molecule has 0 aliphatic carbocycles. The number of aryl methyl sites for hydroxylation is 5. The molecule has 0 bridgehead atoms. The summed E-state index contributed by atoms with van der Waals surface area (Å²) in [4.78, 5) is 13.7. The number of aromatic nitrogens is 1. The summed E-state index contributed by atoms with van der Waals surface area (Å²) in [7, 11) is 2.06. The van der Waals surface area contributed by atoms with Crippen molar-refractivity contribution >= 4 is 10.9 Å². The predicted octanol–water partition coefficient (Wildman–Crippen LogP) is 6.11. The molecule has 0 saturated heterocycles. The number of hydrogen-bond donors (Lipinski definition) is 0. The van der Waals surface area contributed by atoms with Crippen LogP contribution in [-0.2, 0) is 7.05 Å². The van der Waals surface area contributed by atoms with Gasteiger partial charge in [0.25, 0.3) is 0 Å². The van der Waals surface area contributed by atoms with Crippen molar-refractivity contribution < 1.29 is 0 Å². The van der Waals surface area contributed by atoms with Crippen molar-refractivity contribution in [3.8, 4) is 22.4 Å². The van der Waals surface area contributed by atoms with Crippen LogP contribution in [0, 0.1) is 27.7 Å². The van der Waals surface area contributed by atoms with Gasteiger partial charge in [-0.05, 0) is 62.1 Å². The van der Waals surface area contributed by atoms with E-state index in [1.165, 1.54) is 16.7 Å². The molecule has 0 aliphatic heterocycles. The van der Waals surface area contributed by atoms with Crippen molar-refractivity contribution in [2.45, 2.75) is 27.7 Å². The largest absolute Gasteiger partial charge is 0.343 e. The summed E-state index contributed by atoms with van der Waals surface area (Å²) >= 11 is 0. The van der Waals surface area contributed by atoms with Gasteiger partial charge < -0.3 is 4.57 Å². The van der Waals surface area contributed by atoms with Gasteiger partial charge in [-0.2, -0.15) is 0 Å². The first-order valence-electron chi connectivity index (χ1n) is 9.65. The maximum Gasteiger partial charge on any atom is 0.197 e. The van der Waals surface area contributed by atoms with E-state index in [4.69, 9.17) is 0 Å². The van der Waals surface area contributed by atoms with Crippen LogP contribution in [0.2, 0.25) is 0 Å². The normalized spacial score (nSPS) is 11.2. The molecule has 0 radical (unpaired) electrons. The Bertz CT molecular complexity index is 1240. The van der Waals surface area contributed by atoms with E-state index in [1.807, 2.05) is 6.07 Å². The minimum atomic E-state index is 0.0932. The van der Waals surface area contributed by atoms with Crippen molar-refractivity contribution in [2.24, 2.45) is 7.05 Å². The lowest BCUT2D eigenvalue weighted by Crippen LogP contribution is -2.14. The van der Waals surface area contributed by atoms with Crippen LogP contribution in [0.4, 0.5) is 0 Å². The van der Waals surface area contributed by atoms with Crippen molar-refractivity contribution in [1.82, 2.24) is 4.57 Å². The van der Waals surface area contributed by atoms with Gasteiger partial charge in [-0.1, -0.05) is 59.7 Å². The summed E-state index contributed by atoms with van der Waals surface area (Å²) in [6.07, 6.45) is 0. The third-order valence-corrected chi connectivity index (χ3v) is 5.68. The summed E-state index contributed by atoms with van der Waals surface area (Å²) in [6.45, 7) is 8.30. The summed E-state index contributed by atoms with van der Waals surface area (Å²) in [6, 6.07) is 20.8. The average molecular weight is 367 g/mol. The van der Waals surface area contributed by atoms with Gasteiger partial charge >= 0.3 is 0 Å². The zero-order valence-electron chi connectivity index (χ0n) is 17.1. The second-order valence-corrected chi connectivity index (χ2v) is 7.80. The van der Waals surface area contributed by atoms with Crippen molar-refractivity contribution in [3.05, 3.63) is 93.1 Å². The van der Waals surface area contributed by atoms with Crippen LogP contribution >= 0.6 is 0 Å². The topological polar surface area (TPSA) is 22.0 Å². The maximum atomic E-state index is 13.7. The zero-order valence-corrected chi connectivity index (χ0v) is 17.1. The average Bonchev–Trinajstić information content (AvgIpc) is 2.68. The molecule has 1 heterocycles. The molecular weight excluding hydrogens is 342 g/mol. The highest BCUT2D eigenvalue weighted by atomic mass is 16.1. The number of benzene rings is 3. The molecule has 0 N–H and O–H groups in total. The first-order valence-corrected chi connectivity index (χ1v) is 9.65. The van der Waals surface area contributed by atoms with E-state index >= 15 is 0 Å². The minimum absolute atomic E-state index is 0.0932. The molecule has 28 heavy (non-hydrogen) atoms. The van der Waals surface area contributed by atoms with Gasteiger partial charge in [0, 0.05) is 12.4 Å². The fourth-order valence-electron chi connectivity index (χ4n) is 3.83. The van der Waals surface area contributed by atoms with Crippen LogP contribution in [0.5, 0.6) is 0 Å². The van der Waals surface area contributed by atoms with E-state index in [-0.39, 0.29) is 5.43 Å². The maximum absolute atomic E-state index is 13.7. The Labute approximate surface area is 166 Å². The van der Waals surface area contributed by atoms with E-state index < -0.39 is 0 Å². The molecule has 0 saturated carbocycles. The van der Waals surface area contributed by atoms with Crippen LogP contribution in [0.1, 0.15) is 22.3 Å². The third kappa shape index (κ3) is 2.95. The summed E-state index contributed by atoms with van der Waals surface area (Å²) in [5.41, 5.74) is 9.54. The Morgan fingerprint density at radius 3 is 1.75 bits per heavy atom. The lowest BCUT2D eigenvalue weighted by Gasteiger charge is -2.19. The van der Waals surface area contributed by atoms with Crippen LogP contribution in [-0.4, -0.2) is 4.57 Å². The van der Waals surface area contributed by atoms with E-state index in [2.05, 4.69) is 93.9 Å². The highest BCUT2D eigenvalue weighted by Gasteiger charge is 2.19. The summed E-state index contributed by atoms with van der Waals surface area (Å²) in [5.74, 6) is 0. The lowest BCUT2D eigenvalue weighted by molar-refractivity contribution is 0.960. The van der Waals surface area contributed by atoms with Gasteiger partial charge in [-0.15, -0.1) is 0 Å². The van der Waals surface area contributed by atoms with Crippen LogP contribution in [0.25, 0.3) is 33.3 Å². The molecule has 1 aromatic heterocycles. The first kappa shape index (κ1) is 18.2. The Balaban J connectivity index is 2.18. The van der Waals surface area contributed by atoms with Gasteiger partial charge in [0.05, 0.1) is 16.8 Å². The minimum Gasteiger partial charge on any atom is -0.343 e. The Hall–Kier alpha value is -3.13. The molecule has 0 atom stereocenters. The quantitative estimate of drug-likeness (QED) is 0.419. The van der Waals surface area contributed by atoms with Crippen LogP contribution in [0.3, 0.4) is 0 Å². The van der Waals surface area contributed by atoms with E-state index in [9.17, 15) is 4.79 Å². The zero-order chi connectivity index (χ0) is 20.0. The molecule has 0 aliphatic rings. The van der Waals surface area contributed by atoms with Crippen molar-refractivity contribution in [3.63, 3.8) is 0 Å². The highest BCUT2D eigenvalue weighted by Crippen LogP contribution is 2.33. The van der Waals surface area contributed by atoms with Gasteiger partial charge in [0.1, 0.15) is 0 Å². The fraction of sp³-hybridized carbons (Fsp3) is 0.192. The monoisotopic (exact) mass is 367 g/mol. The van der Waals surface area contributed by atoms with Gasteiger partial charge in [-0.25, -0.2) is 0 Å². The van der Waals surface area contributed by atoms with Crippen molar-refractivity contribution in [2.75, 3.05) is 0 Å². The Morgan fingerprint density at radius 1 is 0.679 bits per heavy atom. The summed E-state index contributed by atoms with van der Waals surface area (Å²) in [5, 5.41) is 0.775. The first-order chi connectivity index (χ1) is 13.4.